The van der Waals surface area contributed by atoms with Gasteiger partial charge in [-0.05, 0) is 50.5 Å². The third-order valence-corrected chi connectivity index (χ3v) is 5.64. The standard InChI is InChI=1S/C28H31N3O6/c1-4-34-23-15-20(26-21(16-29)27(30)37-18(3)25(26)28(33)35-5-2)11-12-22(23)36-17-24(32)31-14-13-19-9-7-6-8-10-19/h6-12,15,26H,4-5,13-14,17,30H2,1-3H3,(H,31,32). The average Bonchev–Trinajstić information content (AvgIpc) is 2.88. The highest BCUT2D eigenvalue weighted by molar-refractivity contribution is 5.92. The van der Waals surface area contributed by atoms with E-state index in [1.54, 1.807) is 32.0 Å². The fourth-order valence-corrected chi connectivity index (χ4v) is 3.97. The van der Waals surface area contributed by atoms with Crippen molar-refractivity contribution in [3.8, 4) is 17.6 Å². The summed E-state index contributed by atoms with van der Waals surface area (Å²) in [5.41, 5.74) is 7.94. The normalized spacial score (nSPS) is 14.9. The van der Waals surface area contributed by atoms with E-state index in [0.29, 0.717) is 36.6 Å². The van der Waals surface area contributed by atoms with Crippen molar-refractivity contribution in [2.75, 3.05) is 26.4 Å². The molecule has 0 fully saturated rings. The van der Waals surface area contributed by atoms with Crippen LogP contribution < -0.4 is 20.5 Å². The lowest BCUT2D eigenvalue weighted by atomic mass is 9.83. The molecule has 1 aliphatic rings. The van der Waals surface area contributed by atoms with Gasteiger partial charge in [0.2, 0.25) is 5.88 Å². The number of benzene rings is 2. The van der Waals surface area contributed by atoms with Gasteiger partial charge in [-0.2, -0.15) is 5.26 Å². The molecule has 1 unspecified atom stereocenters. The van der Waals surface area contributed by atoms with Gasteiger partial charge < -0.3 is 30.0 Å². The molecule has 1 amide bonds. The van der Waals surface area contributed by atoms with Gasteiger partial charge in [0.05, 0.1) is 24.7 Å². The first kappa shape index (κ1) is 27.1. The van der Waals surface area contributed by atoms with Crippen molar-refractivity contribution in [1.29, 1.82) is 5.26 Å². The molecule has 1 heterocycles. The van der Waals surface area contributed by atoms with Crippen LogP contribution in [0.5, 0.6) is 11.5 Å². The highest BCUT2D eigenvalue weighted by Gasteiger charge is 2.36. The van der Waals surface area contributed by atoms with Crippen molar-refractivity contribution in [3.63, 3.8) is 0 Å². The fraction of sp³-hybridized carbons (Fsp3) is 0.321. The Hall–Kier alpha value is -4.45. The van der Waals surface area contributed by atoms with Crippen molar-refractivity contribution in [3.05, 3.63) is 82.4 Å². The summed E-state index contributed by atoms with van der Waals surface area (Å²) >= 11 is 0. The third kappa shape index (κ3) is 6.82. The first-order valence-corrected chi connectivity index (χ1v) is 12.0. The first-order chi connectivity index (χ1) is 17.9. The van der Waals surface area contributed by atoms with Gasteiger partial charge in [0.1, 0.15) is 17.4 Å². The molecule has 0 aliphatic carbocycles. The maximum Gasteiger partial charge on any atom is 0.338 e. The molecule has 0 spiro atoms. The number of hydrogen-bond acceptors (Lipinski definition) is 8. The molecule has 0 radical (unpaired) electrons. The second-order valence-corrected chi connectivity index (χ2v) is 8.13. The van der Waals surface area contributed by atoms with Gasteiger partial charge in [0, 0.05) is 6.54 Å². The van der Waals surface area contributed by atoms with Crippen molar-refractivity contribution >= 4 is 11.9 Å². The van der Waals surface area contributed by atoms with E-state index in [9.17, 15) is 14.9 Å². The predicted molar refractivity (Wildman–Crippen MR) is 136 cm³/mol. The molecule has 1 aliphatic heterocycles. The van der Waals surface area contributed by atoms with Crippen LogP contribution in [0.1, 0.15) is 37.8 Å². The number of esters is 1. The molecule has 0 bridgehead atoms. The largest absolute Gasteiger partial charge is 0.490 e. The van der Waals surface area contributed by atoms with E-state index in [2.05, 4.69) is 5.32 Å². The third-order valence-electron chi connectivity index (χ3n) is 5.64. The van der Waals surface area contributed by atoms with Crippen LogP contribution in [0.25, 0.3) is 0 Å². The molecule has 194 valence electrons. The monoisotopic (exact) mass is 505 g/mol. The number of carbonyl (C=O) groups excluding carboxylic acids is 2. The number of ether oxygens (including phenoxy) is 4. The number of rotatable bonds is 11. The molecule has 37 heavy (non-hydrogen) atoms. The Morgan fingerprint density at radius 1 is 1.08 bits per heavy atom. The van der Waals surface area contributed by atoms with Gasteiger partial charge in [0.25, 0.3) is 5.91 Å². The van der Waals surface area contributed by atoms with Crippen molar-refractivity contribution in [2.24, 2.45) is 5.73 Å². The van der Waals surface area contributed by atoms with Crippen LogP contribution in [0.3, 0.4) is 0 Å². The molecule has 3 N–H and O–H groups in total. The molecule has 9 heteroatoms. The molecule has 2 aromatic rings. The minimum absolute atomic E-state index is 0.0801. The zero-order valence-corrected chi connectivity index (χ0v) is 21.2. The lowest BCUT2D eigenvalue weighted by Gasteiger charge is -2.27. The Morgan fingerprint density at radius 2 is 1.84 bits per heavy atom. The molecule has 2 aromatic carbocycles. The summed E-state index contributed by atoms with van der Waals surface area (Å²) in [6.45, 7) is 5.88. The van der Waals surface area contributed by atoms with Crippen LogP contribution in [0.4, 0.5) is 0 Å². The summed E-state index contributed by atoms with van der Waals surface area (Å²) in [7, 11) is 0. The average molecular weight is 506 g/mol. The zero-order chi connectivity index (χ0) is 26.8. The Balaban J connectivity index is 1.78. The van der Waals surface area contributed by atoms with E-state index >= 15 is 0 Å². The summed E-state index contributed by atoms with van der Waals surface area (Å²) < 4.78 is 22.2. The molecular weight excluding hydrogens is 474 g/mol. The van der Waals surface area contributed by atoms with Crippen molar-refractivity contribution < 1.29 is 28.5 Å². The molecule has 0 aromatic heterocycles. The Kier molecular flexibility index (Phi) is 9.55. The highest BCUT2D eigenvalue weighted by atomic mass is 16.5. The van der Waals surface area contributed by atoms with E-state index in [1.807, 2.05) is 43.3 Å². The lowest BCUT2D eigenvalue weighted by molar-refractivity contribution is -0.139. The minimum Gasteiger partial charge on any atom is -0.490 e. The maximum absolute atomic E-state index is 12.8. The Morgan fingerprint density at radius 3 is 2.51 bits per heavy atom. The van der Waals surface area contributed by atoms with E-state index in [-0.39, 0.29) is 41.9 Å². The van der Waals surface area contributed by atoms with Crippen LogP contribution in [0.2, 0.25) is 0 Å². The quantitative estimate of drug-likeness (QED) is 0.444. The smallest absolute Gasteiger partial charge is 0.338 e. The lowest BCUT2D eigenvalue weighted by Crippen LogP contribution is -2.30. The number of amides is 1. The second kappa shape index (κ2) is 13.0. The summed E-state index contributed by atoms with van der Waals surface area (Å²) in [5.74, 6) is -0.792. The van der Waals surface area contributed by atoms with Gasteiger partial charge in [0.15, 0.2) is 18.1 Å². The predicted octanol–water partition coefficient (Wildman–Crippen LogP) is 3.47. The van der Waals surface area contributed by atoms with Gasteiger partial charge >= 0.3 is 5.97 Å². The Labute approximate surface area is 216 Å². The molecule has 9 nitrogen and oxygen atoms in total. The molecule has 3 rings (SSSR count). The number of nitrogens with zero attached hydrogens (tertiary/aromatic N) is 1. The minimum atomic E-state index is -0.813. The number of allylic oxidation sites excluding steroid dienone is 2. The van der Waals surface area contributed by atoms with Crippen molar-refractivity contribution in [1.82, 2.24) is 5.32 Å². The van der Waals surface area contributed by atoms with E-state index in [0.717, 1.165) is 5.56 Å². The van der Waals surface area contributed by atoms with Gasteiger partial charge in [-0.1, -0.05) is 36.4 Å². The second-order valence-electron chi connectivity index (χ2n) is 8.13. The number of hydrogen-bond donors (Lipinski definition) is 2. The molecular formula is C28H31N3O6. The molecule has 0 saturated carbocycles. The number of nitrogens with two attached hydrogens (primary N) is 1. The summed E-state index contributed by atoms with van der Waals surface area (Å²) in [5, 5.41) is 12.6. The van der Waals surface area contributed by atoms with Crippen LogP contribution in [0.15, 0.2) is 71.3 Å². The highest BCUT2D eigenvalue weighted by Crippen LogP contribution is 2.42. The van der Waals surface area contributed by atoms with Gasteiger partial charge in [-0.25, -0.2) is 4.79 Å². The number of carbonyl (C=O) groups is 2. The first-order valence-electron chi connectivity index (χ1n) is 12.0. The summed E-state index contributed by atoms with van der Waals surface area (Å²) in [6, 6.07) is 16.9. The Bertz CT molecular complexity index is 1230. The van der Waals surface area contributed by atoms with Crippen molar-refractivity contribution in [2.45, 2.75) is 33.1 Å². The molecule has 0 saturated heterocycles. The van der Waals surface area contributed by atoms with Crippen LogP contribution >= 0.6 is 0 Å². The topological polar surface area (TPSA) is 133 Å². The van der Waals surface area contributed by atoms with Crippen LogP contribution in [-0.4, -0.2) is 38.2 Å². The fourth-order valence-electron chi connectivity index (χ4n) is 3.97. The zero-order valence-electron chi connectivity index (χ0n) is 21.2. The van der Waals surface area contributed by atoms with Crippen LogP contribution in [-0.2, 0) is 25.5 Å². The summed E-state index contributed by atoms with van der Waals surface area (Å²) in [4.78, 5) is 25.1. The summed E-state index contributed by atoms with van der Waals surface area (Å²) in [6.07, 6.45) is 0.712. The maximum atomic E-state index is 12.8. The SMILES string of the molecule is CCOC(=O)C1=C(C)OC(N)=C(C#N)C1c1ccc(OCC(=O)NCCc2ccccc2)c(OCC)c1. The van der Waals surface area contributed by atoms with E-state index < -0.39 is 11.9 Å². The van der Waals surface area contributed by atoms with Gasteiger partial charge in [-0.15, -0.1) is 0 Å². The van der Waals surface area contributed by atoms with E-state index in [1.165, 1.54) is 0 Å². The molecule has 1 atom stereocenters. The number of nitriles is 1. The number of nitrogens with one attached hydrogen (secondary N) is 1. The van der Waals surface area contributed by atoms with Gasteiger partial charge in [-0.3, -0.25) is 4.79 Å². The van der Waals surface area contributed by atoms with Crippen LogP contribution in [0, 0.1) is 11.3 Å². The van der Waals surface area contributed by atoms with E-state index in [4.69, 9.17) is 24.7 Å².